The Labute approximate surface area is 152 Å². The molecule has 1 heterocycles. The smallest absolute Gasteiger partial charge is 0.280 e. The Morgan fingerprint density at radius 3 is 2.46 bits per heavy atom. The molecule has 3 rings (SSSR count). The lowest BCUT2D eigenvalue weighted by atomic mass is 10.1. The number of carbonyl (C=O) groups is 1. The Morgan fingerprint density at radius 2 is 1.77 bits per heavy atom. The standard InChI is InChI=1S/C21H19N3O2/c1-16(21(25)24-23-15-17-6-5-13-22-14-17)26-20-11-9-19(10-12-20)18-7-3-2-4-8-18/h2-16H,1H3,(H,24,25)/b23-15-/t16-/m1/s1. The number of amides is 1. The molecule has 0 saturated heterocycles. The third kappa shape index (κ3) is 4.77. The molecular weight excluding hydrogens is 326 g/mol. The normalized spacial score (nSPS) is 11.9. The van der Waals surface area contributed by atoms with Crippen LogP contribution in [-0.2, 0) is 4.79 Å². The number of pyridine rings is 1. The zero-order valence-electron chi connectivity index (χ0n) is 14.4. The fourth-order valence-electron chi connectivity index (χ4n) is 2.33. The number of hydrazone groups is 1. The van der Waals surface area contributed by atoms with Crippen molar-refractivity contribution < 1.29 is 9.53 Å². The first-order valence-corrected chi connectivity index (χ1v) is 8.27. The lowest BCUT2D eigenvalue weighted by Gasteiger charge is -2.13. The minimum Gasteiger partial charge on any atom is -0.481 e. The Morgan fingerprint density at radius 1 is 1.04 bits per heavy atom. The number of ether oxygens (including phenoxy) is 1. The van der Waals surface area contributed by atoms with E-state index < -0.39 is 6.10 Å². The molecule has 0 unspecified atom stereocenters. The summed E-state index contributed by atoms with van der Waals surface area (Å²) < 4.78 is 5.67. The molecule has 1 N–H and O–H groups in total. The van der Waals surface area contributed by atoms with Crippen molar-refractivity contribution >= 4 is 12.1 Å². The summed E-state index contributed by atoms with van der Waals surface area (Å²) in [5.74, 6) is 0.306. The Hall–Kier alpha value is -3.47. The maximum Gasteiger partial charge on any atom is 0.280 e. The average Bonchev–Trinajstić information content (AvgIpc) is 2.70. The molecule has 1 amide bonds. The molecule has 5 heteroatoms. The van der Waals surface area contributed by atoms with Gasteiger partial charge in [0.25, 0.3) is 5.91 Å². The molecule has 26 heavy (non-hydrogen) atoms. The Kier molecular flexibility index (Phi) is 5.72. The van der Waals surface area contributed by atoms with Crippen LogP contribution in [0.3, 0.4) is 0 Å². The molecule has 3 aromatic rings. The third-order valence-corrected chi connectivity index (χ3v) is 3.72. The predicted octanol–water partition coefficient (Wildman–Crippen LogP) is 3.67. The van der Waals surface area contributed by atoms with Crippen LogP contribution >= 0.6 is 0 Å². The molecule has 0 aliphatic rings. The zero-order valence-corrected chi connectivity index (χ0v) is 14.4. The minimum atomic E-state index is -0.663. The van der Waals surface area contributed by atoms with Gasteiger partial charge in [0.15, 0.2) is 6.10 Å². The summed E-state index contributed by atoms with van der Waals surface area (Å²) in [6, 6.07) is 21.4. The van der Waals surface area contributed by atoms with Crippen LogP contribution in [0.5, 0.6) is 5.75 Å². The first kappa shape index (κ1) is 17.4. The molecular formula is C21H19N3O2. The maximum absolute atomic E-state index is 12.1. The number of nitrogens with zero attached hydrogens (tertiary/aromatic N) is 2. The van der Waals surface area contributed by atoms with Crippen molar-refractivity contribution in [2.75, 3.05) is 0 Å². The van der Waals surface area contributed by atoms with Gasteiger partial charge in [-0.1, -0.05) is 48.5 Å². The molecule has 0 saturated carbocycles. The van der Waals surface area contributed by atoms with Crippen LogP contribution in [0.4, 0.5) is 0 Å². The number of hydrogen-bond acceptors (Lipinski definition) is 4. The maximum atomic E-state index is 12.1. The van der Waals surface area contributed by atoms with Crippen LogP contribution in [0.25, 0.3) is 11.1 Å². The van der Waals surface area contributed by atoms with Gasteiger partial charge in [0, 0.05) is 18.0 Å². The molecule has 1 aromatic heterocycles. The van der Waals surface area contributed by atoms with Gasteiger partial charge in [-0.2, -0.15) is 5.10 Å². The Balaban J connectivity index is 1.54. The van der Waals surface area contributed by atoms with E-state index in [0.717, 1.165) is 16.7 Å². The van der Waals surface area contributed by atoms with Gasteiger partial charge in [0.05, 0.1) is 6.21 Å². The van der Waals surface area contributed by atoms with Crippen LogP contribution in [0, 0.1) is 0 Å². The van der Waals surface area contributed by atoms with Gasteiger partial charge in [-0.25, -0.2) is 5.43 Å². The van der Waals surface area contributed by atoms with Crippen LogP contribution < -0.4 is 10.2 Å². The van der Waals surface area contributed by atoms with Gasteiger partial charge in [-0.05, 0) is 36.2 Å². The second-order valence-electron chi connectivity index (χ2n) is 5.67. The van der Waals surface area contributed by atoms with Gasteiger partial charge in [0.2, 0.25) is 0 Å². The number of nitrogens with one attached hydrogen (secondary N) is 1. The molecule has 130 valence electrons. The number of benzene rings is 2. The number of hydrogen-bond donors (Lipinski definition) is 1. The van der Waals surface area contributed by atoms with E-state index in [9.17, 15) is 4.79 Å². The highest BCUT2D eigenvalue weighted by molar-refractivity contribution is 5.84. The van der Waals surface area contributed by atoms with Crippen molar-refractivity contribution in [1.82, 2.24) is 10.4 Å². The highest BCUT2D eigenvalue weighted by Crippen LogP contribution is 2.22. The summed E-state index contributed by atoms with van der Waals surface area (Å²) in [6.07, 6.45) is 4.20. The second kappa shape index (κ2) is 8.58. The summed E-state index contributed by atoms with van der Waals surface area (Å²) in [5.41, 5.74) is 5.50. The van der Waals surface area contributed by atoms with Crippen molar-refractivity contribution in [1.29, 1.82) is 0 Å². The van der Waals surface area contributed by atoms with E-state index in [-0.39, 0.29) is 5.91 Å². The van der Waals surface area contributed by atoms with Crippen molar-refractivity contribution in [3.8, 4) is 16.9 Å². The molecule has 0 aliphatic carbocycles. The summed E-state index contributed by atoms with van der Waals surface area (Å²) in [6.45, 7) is 1.68. The summed E-state index contributed by atoms with van der Waals surface area (Å²) in [5, 5.41) is 3.91. The van der Waals surface area contributed by atoms with Crippen molar-refractivity contribution in [2.45, 2.75) is 13.0 Å². The predicted molar refractivity (Wildman–Crippen MR) is 102 cm³/mol. The van der Waals surface area contributed by atoms with Gasteiger partial charge in [-0.15, -0.1) is 0 Å². The summed E-state index contributed by atoms with van der Waals surface area (Å²) in [7, 11) is 0. The van der Waals surface area contributed by atoms with Crippen LogP contribution in [0.2, 0.25) is 0 Å². The van der Waals surface area contributed by atoms with Gasteiger partial charge in [0.1, 0.15) is 5.75 Å². The Bertz CT molecular complexity index is 863. The van der Waals surface area contributed by atoms with Gasteiger partial charge < -0.3 is 4.74 Å². The molecule has 0 aliphatic heterocycles. The van der Waals surface area contributed by atoms with E-state index >= 15 is 0 Å². The fraction of sp³-hybridized carbons (Fsp3) is 0.0952. The summed E-state index contributed by atoms with van der Waals surface area (Å²) in [4.78, 5) is 16.0. The lowest BCUT2D eigenvalue weighted by Crippen LogP contribution is -2.33. The van der Waals surface area contributed by atoms with Gasteiger partial charge in [-0.3, -0.25) is 9.78 Å². The van der Waals surface area contributed by atoms with Crippen molar-refractivity contribution in [3.05, 3.63) is 84.7 Å². The van der Waals surface area contributed by atoms with E-state index in [1.54, 1.807) is 25.4 Å². The molecule has 1 atom stereocenters. The van der Waals surface area contributed by atoms with E-state index in [1.807, 2.05) is 60.7 Å². The molecule has 0 spiro atoms. The van der Waals surface area contributed by atoms with Crippen molar-refractivity contribution in [3.63, 3.8) is 0 Å². The first-order chi connectivity index (χ1) is 12.7. The highest BCUT2D eigenvalue weighted by Gasteiger charge is 2.13. The molecule has 0 radical (unpaired) electrons. The van der Waals surface area contributed by atoms with E-state index in [4.69, 9.17) is 4.74 Å². The van der Waals surface area contributed by atoms with Crippen LogP contribution in [0.1, 0.15) is 12.5 Å². The van der Waals surface area contributed by atoms with Gasteiger partial charge >= 0.3 is 0 Å². The minimum absolute atomic E-state index is 0.322. The zero-order chi connectivity index (χ0) is 18.2. The largest absolute Gasteiger partial charge is 0.481 e. The molecule has 0 bridgehead atoms. The van der Waals surface area contributed by atoms with Crippen LogP contribution in [-0.4, -0.2) is 23.2 Å². The lowest BCUT2D eigenvalue weighted by molar-refractivity contribution is -0.127. The first-order valence-electron chi connectivity index (χ1n) is 8.27. The monoisotopic (exact) mass is 345 g/mol. The second-order valence-corrected chi connectivity index (χ2v) is 5.67. The SMILES string of the molecule is C[C@@H](Oc1ccc(-c2ccccc2)cc1)C(=O)N/N=C\c1cccnc1. The quantitative estimate of drug-likeness (QED) is 0.548. The average molecular weight is 345 g/mol. The van der Waals surface area contributed by atoms with Crippen molar-refractivity contribution in [2.24, 2.45) is 5.10 Å². The number of aromatic nitrogens is 1. The fourth-order valence-corrected chi connectivity index (χ4v) is 2.33. The van der Waals surface area contributed by atoms with E-state index in [2.05, 4.69) is 15.5 Å². The summed E-state index contributed by atoms with van der Waals surface area (Å²) >= 11 is 0. The van der Waals surface area contributed by atoms with E-state index in [1.165, 1.54) is 6.21 Å². The number of rotatable bonds is 6. The molecule has 2 aromatic carbocycles. The molecule has 5 nitrogen and oxygen atoms in total. The van der Waals surface area contributed by atoms with E-state index in [0.29, 0.717) is 5.75 Å². The molecule has 0 fully saturated rings. The topological polar surface area (TPSA) is 63.6 Å². The third-order valence-electron chi connectivity index (χ3n) is 3.72. The highest BCUT2D eigenvalue weighted by atomic mass is 16.5. The van der Waals surface area contributed by atoms with Crippen LogP contribution in [0.15, 0.2) is 84.2 Å². The number of carbonyl (C=O) groups excluding carboxylic acids is 1.